The summed E-state index contributed by atoms with van der Waals surface area (Å²) in [7, 11) is 0. The lowest BCUT2D eigenvalue weighted by atomic mass is 9.76. The zero-order valence-electron chi connectivity index (χ0n) is 12.0. The molecule has 1 atom stereocenters. The summed E-state index contributed by atoms with van der Waals surface area (Å²) >= 11 is 0. The average Bonchev–Trinajstić information content (AvgIpc) is 2.96. The second-order valence-corrected chi connectivity index (χ2v) is 5.71. The molecular weight excluding hydrogens is 242 g/mol. The molecule has 1 saturated heterocycles. The molecule has 0 spiro atoms. The highest BCUT2D eigenvalue weighted by molar-refractivity contribution is 5.75. The highest BCUT2D eigenvalue weighted by atomic mass is 16.4. The van der Waals surface area contributed by atoms with Crippen molar-refractivity contribution in [3.8, 4) is 0 Å². The third-order valence-electron chi connectivity index (χ3n) is 4.40. The maximum absolute atomic E-state index is 11.6. The third-order valence-corrected chi connectivity index (χ3v) is 4.40. The molecule has 2 rings (SSSR count). The topological polar surface area (TPSA) is 58.4 Å². The van der Waals surface area contributed by atoms with Crippen LogP contribution in [0.2, 0.25) is 0 Å². The van der Waals surface area contributed by atoms with E-state index in [2.05, 4.69) is 16.9 Å². The number of hydrogen-bond donors (Lipinski definition) is 1. The molecule has 0 radical (unpaired) electrons. The Morgan fingerprint density at radius 3 is 2.84 bits per heavy atom. The summed E-state index contributed by atoms with van der Waals surface area (Å²) in [5.74, 6) is -0.500. The van der Waals surface area contributed by atoms with E-state index in [0.29, 0.717) is 6.54 Å². The van der Waals surface area contributed by atoms with Crippen LogP contribution in [0.5, 0.6) is 0 Å². The van der Waals surface area contributed by atoms with Gasteiger partial charge in [-0.25, -0.2) is 0 Å². The smallest absolute Gasteiger partial charge is 0.311 e. The van der Waals surface area contributed by atoms with Gasteiger partial charge in [0, 0.05) is 25.8 Å². The lowest BCUT2D eigenvalue weighted by Crippen LogP contribution is -2.39. The molecule has 0 aliphatic carbocycles. The number of aryl methyl sites for hydroxylation is 1. The van der Waals surface area contributed by atoms with Crippen molar-refractivity contribution in [3.63, 3.8) is 0 Å². The zero-order chi connectivity index (χ0) is 14.0. The van der Waals surface area contributed by atoms with E-state index in [1.54, 1.807) is 0 Å². The third kappa shape index (κ3) is 2.52. The Hall–Kier alpha value is -1.36. The van der Waals surface area contributed by atoms with Crippen LogP contribution in [-0.4, -0.2) is 38.8 Å². The molecule has 0 saturated carbocycles. The van der Waals surface area contributed by atoms with Crippen LogP contribution in [0, 0.1) is 11.3 Å². The number of carboxylic acid groups (broad SMARTS) is 1. The Balaban J connectivity index is 2.08. The van der Waals surface area contributed by atoms with Gasteiger partial charge in [0.25, 0.3) is 0 Å². The van der Waals surface area contributed by atoms with Crippen molar-refractivity contribution in [2.45, 2.75) is 40.3 Å². The van der Waals surface area contributed by atoms with Crippen molar-refractivity contribution in [2.75, 3.05) is 13.1 Å². The Bertz CT molecular complexity index is 455. The van der Waals surface area contributed by atoms with Crippen LogP contribution in [0.1, 0.15) is 32.9 Å². The van der Waals surface area contributed by atoms with Gasteiger partial charge in [0.15, 0.2) is 0 Å². The first-order valence-corrected chi connectivity index (χ1v) is 6.96. The Morgan fingerprint density at radius 1 is 1.58 bits per heavy atom. The predicted molar refractivity (Wildman–Crippen MR) is 72.7 cm³/mol. The Kier molecular flexibility index (Phi) is 3.94. The van der Waals surface area contributed by atoms with Crippen LogP contribution in [0.3, 0.4) is 0 Å². The van der Waals surface area contributed by atoms with E-state index in [-0.39, 0.29) is 5.92 Å². The number of carboxylic acids is 1. The number of carbonyl (C=O) groups is 1. The first-order valence-electron chi connectivity index (χ1n) is 6.96. The number of rotatable bonds is 5. The van der Waals surface area contributed by atoms with E-state index in [1.807, 2.05) is 30.8 Å². The second kappa shape index (κ2) is 5.33. The van der Waals surface area contributed by atoms with Gasteiger partial charge in [0.2, 0.25) is 0 Å². The lowest BCUT2D eigenvalue weighted by Gasteiger charge is -2.28. The monoisotopic (exact) mass is 265 g/mol. The summed E-state index contributed by atoms with van der Waals surface area (Å²) in [6, 6.07) is 2.01. The molecule has 1 unspecified atom stereocenters. The van der Waals surface area contributed by atoms with Gasteiger partial charge in [0.1, 0.15) is 0 Å². The van der Waals surface area contributed by atoms with Crippen LogP contribution in [0.4, 0.5) is 0 Å². The molecular formula is C14H23N3O2. The first kappa shape index (κ1) is 14.1. The van der Waals surface area contributed by atoms with Gasteiger partial charge in [-0.1, -0.05) is 13.8 Å². The molecule has 1 fully saturated rings. The van der Waals surface area contributed by atoms with E-state index in [0.717, 1.165) is 31.7 Å². The number of aliphatic carboxylic acids is 1. The molecule has 1 aliphatic rings. The fourth-order valence-electron chi connectivity index (χ4n) is 2.95. The molecule has 0 aromatic carbocycles. The molecule has 5 heteroatoms. The predicted octanol–water partition coefficient (Wildman–Crippen LogP) is 1.84. The van der Waals surface area contributed by atoms with Gasteiger partial charge in [0.05, 0.1) is 11.1 Å². The molecule has 1 N–H and O–H groups in total. The summed E-state index contributed by atoms with van der Waals surface area (Å²) in [6.45, 7) is 9.20. The second-order valence-electron chi connectivity index (χ2n) is 5.71. The van der Waals surface area contributed by atoms with Gasteiger partial charge in [-0.05, 0) is 31.9 Å². The standard InChI is InChI=1S/C14H23N3O2/c1-4-17-12(5-7-15-17)9-16-8-6-14(10-16,11(2)3)13(18)19/h5,7,11H,4,6,8-10H2,1-3H3,(H,18,19). The molecule has 1 aromatic rings. The first-order chi connectivity index (χ1) is 8.99. The molecule has 0 amide bonds. The SMILES string of the molecule is CCn1nccc1CN1CCC(C(=O)O)(C(C)C)C1. The highest BCUT2D eigenvalue weighted by Gasteiger charge is 2.47. The molecule has 106 valence electrons. The van der Waals surface area contributed by atoms with Crippen LogP contribution >= 0.6 is 0 Å². The molecule has 19 heavy (non-hydrogen) atoms. The molecule has 1 aliphatic heterocycles. The summed E-state index contributed by atoms with van der Waals surface area (Å²) < 4.78 is 1.97. The fourth-order valence-corrected chi connectivity index (χ4v) is 2.95. The number of hydrogen-bond acceptors (Lipinski definition) is 3. The number of aromatic nitrogens is 2. The van der Waals surface area contributed by atoms with Crippen molar-refractivity contribution in [3.05, 3.63) is 18.0 Å². The van der Waals surface area contributed by atoms with Gasteiger partial charge < -0.3 is 5.11 Å². The van der Waals surface area contributed by atoms with Gasteiger partial charge in [-0.2, -0.15) is 5.10 Å². The molecule has 5 nitrogen and oxygen atoms in total. The maximum Gasteiger partial charge on any atom is 0.311 e. The quantitative estimate of drug-likeness (QED) is 0.882. The van der Waals surface area contributed by atoms with Crippen LogP contribution in [0.25, 0.3) is 0 Å². The normalized spacial score (nSPS) is 24.2. The van der Waals surface area contributed by atoms with E-state index in [4.69, 9.17) is 0 Å². The summed E-state index contributed by atoms with van der Waals surface area (Å²) in [6.07, 6.45) is 2.54. The summed E-state index contributed by atoms with van der Waals surface area (Å²) in [5.41, 5.74) is 0.573. The highest BCUT2D eigenvalue weighted by Crippen LogP contribution is 2.38. The van der Waals surface area contributed by atoms with Crippen molar-refractivity contribution in [2.24, 2.45) is 11.3 Å². The number of likely N-dealkylation sites (tertiary alicyclic amines) is 1. The van der Waals surface area contributed by atoms with Gasteiger partial charge in [-0.15, -0.1) is 0 Å². The van der Waals surface area contributed by atoms with Gasteiger partial charge in [-0.3, -0.25) is 14.4 Å². The Labute approximate surface area is 114 Å². The number of nitrogens with zero attached hydrogens (tertiary/aromatic N) is 3. The van der Waals surface area contributed by atoms with Crippen molar-refractivity contribution < 1.29 is 9.90 Å². The van der Waals surface area contributed by atoms with Crippen molar-refractivity contribution in [1.82, 2.24) is 14.7 Å². The summed E-state index contributed by atoms with van der Waals surface area (Å²) in [4.78, 5) is 13.8. The van der Waals surface area contributed by atoms with Crippen LogP contribution < -0.4 is 0 Å². The van der Waals surface area contributed by atoms with E-state index >= 15 is 0 Å². The van der Waals surface area contributed by atoms with E-state index in [1.165, 1.54) is 0 Å². The molecule has 2 heterocycles. The largest absolute Gasteiger partial charge is 0.481 e. The lowest BCUT2D eigenvalue weighted by molar-refractivity contribution is -0.151. The van der Waals surface area contributed by atoms with Crippen molar-refractivity contribution in [1.29, 1.82) is 0 Å². The zero-order valence-corrected chi connectivity index (χ0v) is 12.0. The van der Waals surface area contributed by atoms with E-state index < -0.39 is 11.4 Å². The fraction of sp³-hybridized carbons (Fsp3) is 0.714. The van der Waals surface area contributed by atoms with E-state index in [9.17, 15) is 9.90 Å². The minimum atomic E-state index is -0.658. The van der Waals surface area contributed by atoms with Gasteiger partial charge >= 0.3 is 5.97 Å². The molecule has 0 bridgehead atoms. The molecule has 1 aromatic heterocycles. The van der Waals surface area contributed by atoms with Crippen LogP contribution in [0.15, 0.2) is 12.3 Å². The minimum absolute atomic E-state index is 0.158. The van der Waals surface area contributed by atoms with Crippen LogP contribution in [-0.2, 0) is 17.9 Å². The Morgan fingerprint density at radius 2 is 2.32 bits per heavy atom. The maximum atomic E-state index is 11.6. The minimum Gasteiger partial charge on any atom is -0.481 e. The van der Waals surface area contributed by atoms with Crippen molar-refractivity contribution >= 4 is 5.97 Å². The summed E-state index contributed by atoms with van der Waals surface area (Å²) in [5, 5.41) is 13.8. The average molecular weight is 265 g/mol.